The van der Waals surface area contributed by atoms with Crippen molar-refractivity contribution in [2.75, 3.05) is 0 Å². The van der Waals surface area contributed by atoms with E-state index in [4.69, 9.17) is 14.2 Å². The Morgan fingerprint density at radius 2 is 1.81 bits per heavy atom. The van der Waals surface area contributed by atoms with Gasteiger partial charge in [0.1, 0.15) is 17.8 Å². The smallest absolute Gasteiger partial charge is 0.338 e. The predicted molar refractivity (Wildman–Crippen MR) is 112 cm³/mol. The fourth-order valence-electron chi connectivity index (χ4n) is 8.58. The Kier molecular flexibility index (Phi) is 3.96. The lowest BCUT2D eigenvalue weighted by molar-refractivity contribution is -0.249. The number of carbonyl (C=O) groups excluding carboxylic acids is 3. The van der Waals surface area contributed by atoms with Crippen LogP contribution in [0.2, 0.25) is 0 Å². The van der Waals surface area contributed by atoms with Crippen LogP contribution in [0.5, 0.6) is 0 Å². The topological polar surface area (TPSA) is 82.2 Å². The first kappa shape index (κ1) is 21.2. The van der Waals surface area contributed by atoms with E-state index in [0.29, 0.717) is 6.42 Å². The second-order valence-electron chi connectivity index (χ2n) is 11.8. The van der Waals surface area contributed by atoms with Gasteiger partial charge < -0.3 is 14.2 Å². The van der Waals surface area contributed by atoms with Crippen LogP contribution < -0.4 is 0 Å². The van der Waals surface area contributed by atoms with Crippen molar-refractivity contribution in [3.05, 3.63) is 12.2 Å². The van der Waals surface area contributed by atoms with Crippen LogP contribution in [0, 0.1) is 33.5 Å². The molecule has 5 aliphatic rings. The van der Waals surface area contributed by atoms with Gasteiger partial charge in [0.2, 0.25) is 0 Å². The number of allylic oxidation sites excluding steroid dienone is 2. The van der Waals surface area contributed by atoms with Crippen LogP contribution in [0.25, 0.3) is 0 Å². The zero-order chi connectivity index (χ0) is 22.8. The number of esters is 2. The predicted octanol–water partition coefficient (Wildman–Crippen LogP) is 3.61. The average molecular weight is 431 g/mol. The first-order valence-electron chi connectivity index (χ1n) is 11.6. The van der Waals surface area contributed by atoms with Crippen molar-refractivity contribution in [3.63, 3.8) is 0 Å². The van der Waals surface area contributed by atoms with Crippen molar-refractivity contribution in [2.24, 2.45) is 33.5 Å². The zero-order valence-electron chi connectivity index (χ0n) is 19.6. The number of fused-ring (bicyclic) bond motifs is 3. The number of carbonyl (C=O) groups is 3. The van der Waals surface area contributed by atoms with Crippen LogP contribution in [0.15, 0.2) is 12.2 Å². The third-order valence-corrected chi connectivity index (χ3v) is 10.4. The SMILES string of the molecule is CC(=O)OC1CC2C(C)(C)C(=O)C=C[C@]2(C)C2CCC3(C)C(C)OC(=O)[C@H]4O[C@]43[C@]12C. The molecular weight excluding hydrogens is 396 g/mol. The van der Waals surface area contributed by atoms with Crippen molar-refractivity contribution in [3.8, 4) is 0 Å². The van der Waals surface area contributed by atoms with Crippen LogP contribution in [0.1, 0.15) is 67.7 Å². The molecule has 0 aromatic carbocycles. The average Bonchev–Trinajstić information content (AvgIpc) is 3.43. The normalized spacial score (nSPS) is 54.0. The Balaban J connectivity index is 1.72. The van der Waals surface area contributed by atoms with Gasteiger partial charge in [-0.05, 0) is 49.5 Å². The molecule has 6 heteroatoms. The molecule has 5 unspecified atom stereocenters. The summed E-state index contributed by atoms with van der Waals surface area (Å²) >= 11 is 0. The molecule has 0 N–H and O–H groups in total. The third kappa shape index (κ3) is 2.16. The summed E-state index contributed by atoms with van der Waals surface area (Å²) in [5.74, 6) is -0.394. The number of cyclic esters (lactones) is 1. The minimum Gasteiger partial charge on any atom is -0.462 e. The van der Waals surface area contributed by atoms with Crippen LogP contribution in [-0.4, -0.2) is 41.6 Å². The Morgan fingerprint density at radius 3 is 2.45 bits per heavy atom. The van der Waals surface area contributed by atoms with Gasteiger partial charge in [-0.15, -0.1) is 0 Å². The highest BCUT2D eigenvalue weighted by atomic mass is 16.7. The maximum atomic E-state index is 12.8. The molecule has 9 atom stereocenters. The molecule has 3 aliphatic carbocycles. The Morgan fingerprint density at radius 1 is 1.13 bits per heavy atom. The molecule has 170 valence electrons. The van der Waals surface area contributed by atoms with Crippen LogP contribution in [0.3, 0.4) is 0 Å². The molecule has 31 heavy (non-hydrogen) atoms. The minimum atomic E-state index is -0.731. The van der Waals surface area contributed by atoms with E-state index in [1.807, 2.05) is 20.8 Å². The second kappa shape index (κ2) is 5.81. The maximum Gasteiger partial charge on any atom is 0.338 e. The summed E-state index contributed by atoms with van der Waals surface area (Å²) in [6.07, 6.45) is 4.83. The number of ether oxygens (including phenoxy) is 3. The van der Waals surface area contributed by atoms with E-state index in [1.54, 1.807) is 6.08 Å². The van der Waals surface area contributed by atoms with Gasteiger partial charge in [0.15, 0.2) is 11.9 Å². The highest BCUT2D eigenvalue weighted by molar-refractivity contribution is 5.95. The summed E-state index contributed by atoms with van der Waals surface area (Å²) in [6.45, 7) is 14.0. The molecule has 2 saturated carbocycles. The summed E-state index contributed by atoms with van der Waals surface area (Å²) < 4.78 is 18.1. The number of epoxide rings is 1. The second-order valence-corrected chi connectivity index (χ2v) is 11.8. The van der Waals surface area contributed by atoms with Crippen molar-refractivity contribution < 1.29 is 28.6 Å². The molecule has 0 bridgehead atoms. The number of rotatable bonds is 1. The van der Waals surface area contributed by atoms with E-state index in [0.717, 1.165) is 12.8 Å². The fourth-order valence-corrected chi connectivity index (χ4v) is 8.58. The molecule has 5 rings (SSSR count). The van der Waals surface area contributed by atoms with Gasteiger partial charge in [0, 0.05) is 23.2 Å². The van der Waals surface area contributed by atoms with Crippen LogP contribution in [0.4, 0.5) is 0 Å². The van der Waals surface area contributed by atoms with Crippen molar-refractivity contribution in [1.29, 1.82) is 0 Å². The standard InChI is InChI=1S/C25H34O6/c1-13-23(6)11-8-15-22(5)10-9-17(27)21(3,4)16(22)12-18(30-14(2)26)24(15,7)25(23)19(31-25)20(28)29-13/h9-10,13,15-16,18-19H,8,11-12H2,1-7H3/t13?,15?,16?,18?,19-,22-,23?,24+,25-/m1/s1. The van der Waals surface area contributed by atoms with Crippen molar-refractivity contribution in [2.45, 2.75) is 91.6 Å². The molecular formula is C25H34O6. The van der Waals surface area contributed by atoms with E-state index in [2.05, 4.69) is 26.8 Å². The molecule has 1 spiro atoms. The first-order valence-corrected chi connectivity index (χ1v) is 11.6. The summed E-state index contributed by atoms with van der Waals surface area (Å²) in [6, 6.07) is 0. The van der Waals surface area contributed by atoms with E-state index in [9.17, 15) is 14.4 Å². The van der Waals surface area contributed by atoms with Crippen LogP contribution >= 0.6 is 0 Å². The Bertz CT molecular complexity index is 921. The number of hydrogen-bond donors (Lipinski definition) is 0. The van der Waals surface area contributed by atoms with Gasteiger partial charge in [-0.25, -0.2) is 4.79 Å². The van der Waals surface area contributed by atoms with E-state index >= 15 is 0 Å². The molecule has 2 heterocycles. The first-order chi connectivity index (χ1) is 14.3. The van der Waals surface area contributed by atoms with E-state index in [1.165, 1.54) is 6.92 Å². The molecule has 0 aromatic rings. The van der Waals surface area contributed by atoms with Crippen molar-refractivity contribution in [1.82, 2.24) is 0 Å². The third-order valence-electron chi connectivity index (χ3n) is 10.4. The lowest BCUT2D eigenvalue weighted by Crippen LogP contribution is -2.73. The Labute approximate surface area is 184 Å². The maximum absolute atomic E-state index is 12.8. The van der Waals surface area contributed by atoms with E-state index < -0.39 is 28.6 Å². The van der Waals surface area contributed by atoms with Gasteiger partial charge in [-0.3, -0.25) is 9.59 Å². The van der Waals surface area contributed by atoms with Gasteiger partial charge in [-0.2, -0.15) is 0 Å². The minimum absolute atomic E-state index is 0.0332. The highest BCUT2D eigenvalue weighted by Crippen LogP contribution is 2.78. The molecule has 6 nitrogen and oxygen atoms in total. The Hall–Kier alpha value is -1.69. The lowest BCUT2D eigenvalue weighted by atomic mass is 9.36. The summed E-state index contributed by atoms with van der Waals surface area (Å²) in [4.78, 5) is 37.9. The molecule has 0 radical (unpaired) electrons. The van der Waals surface area contributed by atoms with Crippen LogP contribution in [-0.2, 0) is 28.6 Å². The van der Waals surface area contributed by atoms with Gasteiger partial charge in [-0.1, -0.05) is 40.7 Å². The quantitative estimate of drug-likeness (QED) is 0.467. The van der Waals surface area contributed by atoms with Gasteiger partial charge >= 0.3 is 11.9 Å². The lowest BCUT2D eigenvalue weighted by Gasteiger charge is -2.68. The van der Waals surface area contributed by atoms with E-state index in [-0.39, 0.29) is 46.5 Å². The molecule has 2 aliphatic heterocycles. The number of hydrogen-bond acceptors (Lipinski definition) is 6. The molecule has 0 aromatic heterocycles. The summed E-state index contributed by atoms with van der Waals surface area (Å²) in [5, 5.41) is 0. The van der Waals surface area contributed by atoms with Gasteiger partial charge in [0.25, 0.3) is 0 Å². The highest BCUT2D eigenvalue weighted by Gasteiger charge is 2.87. The number of ketones is 1. The molecule has 0 amide bonds. The molecule has 2 saturated heterocycles. The fraction of sp³-hybridized carbons (Fsp3) is 0.800. The summed E-state index contributed by atoms with van der Waals surface area (Å²) in [5.41, 5.74) is -2.48. The van der Waals surface area contributed by atoms with Gasteiger partial charge in [0.05, 0.1) is 0 Å². The summed E-state index contributed by atoms with van der Waals surface area (Å²) in [7, 11) is 0. The zero-order valence-corrected chi connectivity index (χ0v) is 19.6. The molecule has 4 fully saturated rings. The monoisotopic (exact) mass is 430 g/mol. The largest absolute Gasteiger partial charge is 0.462 e. The van der Waals surface area contributed by atoms with Crippen molar-refractivity contribution >= 4 is 17.7 Å².